The van der Waals surface area contributed by atoms with Crippen molar-refractivity contribution in [3.8, 4) is 0 Å². The second-order valence-corrected chi connectivity index (χ2v) is 5.39. The van der Waals surface area contributed by atoms with Gasteiger partial charge in [0.25, 0.3) is 5.91 Å². The van der Waals surface area contributed by atoms with Gasteiger partial charge in [-0.1, -0.05) is 18.2 Å². The van der Waals surface area contributed by atoms with Crippen molar-refractivity contribution in [2.75, 3.05) is 26.7 Å². The summed E-state index contributed by atoms with van der Waals surface area (Å²) >= 11 is 0. The quantitative estimate of drug-likeness (QED) is 0.870. The van der Waals surface area contributed by atoms with Gasteiger partial charge in [0.05, 0.1) is 6.54 Å². The van der Waals surface area contributed by atoms with Crippen LogP contribution in [-0.4, -0.2) is 49.4 Å². The van der Waals surface area contributed by atoms with E-state index in [0.29, 0.717) is 5.56 Å². The van der Waals surface area contributed by atoms with Gasteiger partial charge in [-0.2, -0.15) is 0 Å². The van der Waals surface area contributed by atoms with Crippen LogP contribution in [0, 0.1) is 0 Å². The zero-order valence-electron chi connectivity index (χ0n) is 12.5. The maximum atomic E-state index is 12.2. The predicted octanol–water partition coefficient (Wildman–Crippen LogP) is 1.02. The Morgan fingerprint density at radius 3 is 2.76 bits per heavy atom. The Morgan fingerprint density at radius 2 is 2.00 bits per heavy atom. The summed E-state index contributed by atoms with van der Waals surface area (Å²) < 4.78 is 0. The van der Waals surface area contributed by atoms with Gasteiger partial charge in [-0.25, -0.2) is 0 Å². The van der Waals surface area contributed by atoms with E-state index >= 15 is 0 Å². The molecule has 1 fully saturated rings. The first-order chi connectivity index (χ1) is 10.2. The number of hydrogen-bond donors (Lipinski definition) is 2. The number of carbonyl (C=O) groups excluding carboxylic acids is 2. The average Bonchev–Trinajstić information content (AvgIpc) is 2.81. The normalized spacial score (nSPS) is 18.6. The number of nitrogens with zero attached hydrogens (tertiary/aromatic N) is 1. The lowest BCUT2D eigenvalue weighted by Gasteiger charge is -2.27. The molecule has 1 heterocycles. The largest absolute Gasteiger partial charge is 0.343 e. The van der Waals surface area contributed by atoms with Crippen LogP contribution in [-0.2, 0) is 4.79 Å². The summed E-state index contributed by atoms with van der Waals surface area (Å²) in [6.07, 6.45) is 3.06. The summed E-state index contributed by atoms with van der Waals surface area (Å²) in [5, 5.41) is 6.02. The summed E-state index contributed by atoms with van der Waals surface area (Å²) in [6.45, 7) is 2.01. The van der Waals surface area contributed by atoms with Gasteiger partial charge in [-0.3, -0.25) is 9.59 Å². The highest BCUT2D eigenvalue weighted by atomic mass is 16.2. The van der Waals surface area contributed by atoms with E-state index in [9.17, 15) is 9.59 Å². The van der Waals surface area contributed by atoms with Gasteiger partial charge in [-0.05, 0) is 44.5 Å². The van der Waals surface area contributed by atoms with Crippen molar-refractivity contribution >= 4 is 11.8 Å². The van der Waals surface area contributed by atoms with E-state index in [1.165, 1.54) is 0 Å². The molecule has 2 rings (SSSR count). The second-order valence-electron chi connectivity index (χ2n) is 5.39. The standard InChI is InChI=1S/C16H23N3O2/c1-19(14-8-5-10-17-11-9-14)15(20)12-18-16(21)13-6-3-2-4-7-13/h2-4,6-7,14,17H,5,8-12H2,1H3,(H,18,21). The molecule has 1 aliphatic heterocycles. The summed E-state index contributed by atoms with van der Waals surface area (Å²) in [7, 11) is 1.83. The molecule has 0 saturated carbocycles. The molecule has 2 N–H and O–H groups in total. The Morgan fingerprint density at radius 1 is 1.24 bits per heavy atom. The lowest BCUT2D eigenvalue weighted by atomic mass is 10.1. The molecule has 0 aliphatic carbocycles. The zero-order valence-corrected chi connectivity index (χ0v) is 12.5. The number of likely N-dealkylation sites (N-methyl/N-ethyl adjacent to an activating group) is 1. The van der Waals surface area contributed by atoms with Crippen LogP contribution in [0.25, 0.3) is 0 Å². The molecule has 114 valence electrons. The first-order valence-electron chi connectivity index (χ1n) is 7.48. The van der Waals surface area contributed by atoms with Crippen molar-refractivity contribution in [3.05, 3.63) is 35.9 Å². The van der Waals surface area contributed by atoms with Crippen LogP contribution < -0.4 is 10.6 Å². The third-order valence-electron chi connectivity index (χ3n) is 3.92. The minimum absolute atomic E-state index is 0.0359. The Kier molecular flexibility index (Phi) is 5.75. The molecule has 1 saturated heterocycles. The van der Waals surface area contributed by atoms with Crippen LogP contribution in [0.3, 0.4) is 0 Å². The van der Waals surface area contributed by atoms with Gasteiger partial charge in [0.15, 0.2) is 0 Å². The minimum Gasteiger partial charge on any atom is -0.343 e. The second kappa shape index (κ2) is 7.78. The third-order valence-corrected chi connectivity index (χ3v) is 3.92. The smallest absolute Gasteiger partial charge is 0.251 e. The first-order valence-corrected chi connectivity index (χ1v) is 7.48. The van der Waals surface area contributed by atoms with E-state index in [-0.39, 0.29) is 24.4 Å². The Balaban J connectivity index is 1.82. The molecule has 0 spiro atoms. The summed E-state index contributed by atoms with van der Waals surface area (Å²) in [5.41, 5.74) is 0.576. The van der Waals surface area contributed by atoms with Gasteiger partial charge in [0.1, 0.15) is 0 Å². The molecular weight excluding hydrogens is 266 g/mol. The maximum absolute atomic E-state index is 12.2. The van der Waals surface area contributed by atoms with Crippen LogP contribution in [0.4, 0.5) is 0 Å². The number of hydrogen-bond acceptors (Lipinski definition) is 3. The highest BCUT2D eigenvalue weighted by Gasteiger charge is 2.21. The first kappa shape index (κ1) is 15.5. The van der Waals surface area contributed by atoms with Crippen LogP contribution in [0.15, 0.2) is 30.3 Å². The van der Waals surface area contributed by atoms with Gasteiger partial charge in [-0.15, -0.1) is 0 Å². The van der Waals surface area contributed by atoms with Crippen LogP contribution in [0.2, 0.25) is 0 Å². The molecule has 5 nitrogen and oxygen atoms in total. The van der Waals surface area contributed by atoms with Gasteiger partial charge >= 0.3 is 0 Å². The van der Waals surface area contributed by atoms with Gasteiger partial charge in [0.2, 0.25) is 5.91 Å². The molecule has 0 radical (unpaired) electrons. The topological polar surface area (TPSA) is 61.4 Å². The minimum atomic E-state index is -0.208. The summed E-state index contributed by atoms with van der Waals surface area (Å²) in [5.74, 6) is -0.244. The molecular formula is C16H23N3O2. The fourth-order valence-electron chi connectivity index (χ4n) is 2.56. The number of amides is 2. The van der Waals surface area contributed by atoms with Crippen LogP contribution in [0.1, 0.15) is 29.6 Å². The maximum Gasteiger partial charge on any atom is 0.251 e. The molecule has 0 aromatic heterocycles. The molecule has 1 aliphatic rings. The van der Waals surface area contributed by atoms with E-state index in [1.807, 2.05) is 13.1 Å². The fraction of sp³-hybridized carbons (Fsp3) is 0.500. The molecule has 1 unspecified atom stereocenters. The van der Waals surface area contributed by atoms with Crippen molar-refractivity contribution in [1.82, 2.24) is 15.5 Å². The summed E-state index contributed by atoms with van der Waals surface area (Å²) in [4.78, 5) is 25.9. The third kappa shape index (κ3) is 4.56. The van der Waals surface area contributed by atoms with Crippen molar-refractivity contribution in [3.63, 3.8) is 0 Å². The number of benzene rings is 1. The molecule has 21 heavy (non-hydrogen) atoms. The Labute approximate surface area is 125 Å². The number of carbonyl (C=O) groups is 2. The fourth-order valence-corrected chi connectivity index (χ4v) is 2.56. The number of rotatable bonds is 4. The van der Waals surface area contributed by atoms with Crippen molar-refractivity contribution < 1.29 is 9.59 Å². The van der Waals surface area contributed by atoms with Crippen LogP contribution in [0.5, 0.6) is 0 Å². The van der Waals surface area contributed by atoms with Crippen molar-refractivity contribution in [2.45, 2.75) is 25.3 Å². The number of nitrogens with one attached hydrogen (secondary N) is 2. The lowest BCUT2D eigenvalue weighted by molar-refractivity contribution is -0.131. The van der Waals surface area contributed by atoms with E-state index in [1.54, 1.807) is 29.2 Å². The van der Waals surface area contributed by atoms with E-state index in [0.717, 1.165) is 32.4 Å². The average molecular weight is 289 g/mol. The molecule has 1 aromatic carbocycles. The van der Waals surface area contributed by atoms with Crippen molar-refractivity contribution in [1.29, 1.82) is 0 Å². The molecule has 1 aromatic rings. The highest BCUT2D eigenvalue weighted by Crippen LogP contribution is 2.11. The predicted molar refractivity (Wildman–Crippen MR) is 82.1 cm³/mol. The Bertz CT molecular complexity index is 468. The highest BCUT2D eigenvalue weighted by molar-refractivity contribution is 5.96. The SMILES string of the molecule is CN(C(=O)CNC(=O)c1ccccc1)C1CCCNCC1. The van der Waals surface area contributed by atoms with Crippen molar-refractivity contribution in [2.24, 2.45) is 0 Å². The molecule has 2 amide bonds. The molecule has 1 atom stereocenters. The molecule has 0 bridgehead atoms. The van der Waals surface area contributed by atoms with Gasteiger partial charge < -0.3 is 15.5 Å². The van der Waals surface area contributed by atoms with Crippen LogP contribution >= 0.6 is 0 Å². The summed E-state index contributed by atoms with van der Waals surface area (Å²) in [6, 6.07) is 9.21. The monoisotopic (exact) mass is 289 g/mol. The molecule has 5 heteroatoms. The van der Waals surface area contributed by atoms with Gasteiger partial charge in [0, 0.05) is 18.7 Å². The lowest BCUT2D eigenvalue weighted by Crippen LogP contribution is -2.43. The van der Waals surface area contributed by atoms with E-state index in [4.69, 9.17) is 0 Å². The van der Waals surface area contributed by atoms with E-state index < -0.39 is 0 Å². The van der Waals surface area contributed by atoms with E-state index in [2.05, 4.69) is 10.6 Å². The zero-order chi connectivity index (χ0) is 15.1. The Hall–Kier alpha value is -1.88.